The quantitative estimate of drug-likeness (QED) is 0.757. The first-order chi connectivity index (χ1) is 11.9. The van der Waals surface area contributed by atoms with E-state index < -0.39 is 15.8 Å². The van der Waals surface area contributed by atoms with Crippen LogP contribution in [0.4, 0.5) is 4.39 Å². The van der Waals surface area contributed by atoms with Crippen molar-refractivity contribution in [3.63, 3.8) is 0 Å². The molecule has 0 unspecified atom stereocenters. The van der Waals surface area contributed by atoms with Crippen LogP contribution < -0.4 is 0 Å². The highest BCUT2D eigenvalue weighted by Gasteiger charge is 2.31. The van der Waals surface area contributed by atoms with Crippen molar-refractivity contribution in [1.82, 2.24) is 9.21 Å². The number of nitrogens with zero attached hydrogens (tertiary/aromatic N) is 2. The summed E-state index contributed by atoms with van der Waals surface area (Å²) < 4.78 is 41.0. The van der Waals surface area contributed by atoms with Crippen LogP contribution in [0.3, 0.4) is 0 Å². The highest BCUT2D eigenvalue weighted by molar-refractivity contribution is 9.10. The predicted molar refractivity (Wildman–Crippen MR) is 95.2 cm³/mol. The number of halogens is 2. The van der Waals surface area contributed by atoms with E-state index in [1.54, 1.807) is 23.1 Å². The standard InChI is InChI=1S/C17H16BrFN2O3S/c18-14-5-3-4-13(12-14)17(22)20-8-10-21(11-9-20)25(23,24)16-7-2-1-6-15(16)19/h1-7,12H,8-11H2. The molecule has 0 spiro atoms. The van der Waals surface area contributed by atoms with Crippen molar-refractivity contribution in [3.8, 4) is 0 Å². The Morgan fingerprint density at radius 3 is 2.32 bits per heavy atom. The summed E-state index contributed by atoms with van der Waals surface area (Å²) in [6.07, 6.45) is 0. The van der Waals surface area contributed by atoms with Gasteiger partial charge >= 0.3 is 0 Å². The molecular weight excluding hydrogens is 411 g/mol. The third kappa shape index (κ3) is 3.75. The Hall–Kier alpha value is -1.77. The molecule has 25 heavy (non-hydrogen) atoms. The van der Waals surface area contributed by atoms with E-state index in [0.717, 1.165) is 10.5 Å². The van der Waals surface area contributed by atoms with Crippen LogP contribution >= 0.6 is 15.9 Å². The van der Waals surface area contributed by atoms with Gasteiger partial charge in [-0.05, 0) is 30.3 Å². The average molecular weight is 427 g/mol. The number of hydrogen-bond acceptors (Lipinski definition) is 3. The minimum absolute atomic E-state index is 0.135. The second-order valence-electron chi connectivity index (χ2n) is 5.64. The Labute approximate surface area is 154 Å². The van der Waals surface area contributed by atoms with Crippen molar-refractivity contribution in [2.45, 2.75) is 4.90 Å². The molecule has 5 nitrogen and oxygen atoms in total. The topological polar surface area (TPSA) is 57.7 Å². The first-order valence-electron chi connectivity index (χ1n) is 7.69. The van der Waals surface area contributed by atoms with Gasteiger partial charge in [0.15, 0.2) is 0 Å². The number of rotatable bonds is 3. The monoisotopic (exact) mass is 426 g/mol. The highest BCUT2D eigenvalue weighted by atomic mass is 79.9. The van der Waals surface area contributed by atoms with E-state index in [4.69, 9.17) is 0 Å². The van der Waals surface area contributed by atoms with Gasteiger partial charge in [-0.15, -0.1) is 0 Å². The van der Waals surface area contributed by atoms with Crippen molar-refractivity contribution >= 4 is 31.9 Å². The van der Waals surface area contributed by atoms with Crippen LogP contribution in [0, 0.1) is 5.82 Å². The molecular formula is C17H16BrFN2O3S. The first-order valence-corrected chi connectivity index (χ1v) is 9.92. The number of hydrogen-bond donors (Lipinski definition) is 0. The molecule has 1 heterocycles. The Morgan fingerprint density at radius 1 is 1.00 bits per heavy atom. The molecule has 1 amide bonds. The summed E-state index contributed by atoms with van der Waals surface area (Å²) in [7, 11) is -3.90. The molecule has 0 aliphatic carbocycles. The lowest BCUT2D eigenvalue weighted by atomic mass is 10.2. The van der Waals surface area contributed by atoms with Gasteiger partial charge in [-0.25, -0.2) is 12.8 Å². The molecule has 2 aromatic carbocycles. The molecule has 1 aliphatic heterocycles. The first kappa shape index (κ1) is 18.0. The molecule has 8 heteroatoms. The normalized spacial score (nSPS) is 16.0. The summed E-state index contributed by atoms with van der Waals surface area (Å²) >= 11 is 3.33. The van der Waals surface area contributed by atoms with Crippen LogP contribution in [-0.2, 0) is 10.0 Å². The molecule has 0 aromatic heterocycles. The maximum atomic E-state index is 13.8. The minimum atomic E-state index is -3.90. The van der Waals surface area contributed by atoms with Gasteiger partial charge < -0.3 is 4.90 Å². The zero-order chi connectivity index (χ0) is 18.0. The largest absolute Gasteiger partial charge is 0.336 e. The molecule has 0 N–H and O–H groups in total. The summed E-state index contributed by atoms with van der Waals surface area (Å²) in [6.45, 7) is 0.797. The summed E-state index contributed by atoms with van der Waals surface area (Å²) in [5, 5.41) is 0. The van der Waals surface area contributed by atoms with Crippen molar-refractivity contribution in [2.75, 3.05) is 26.2 Å². The Bertz CT molecular complexity index is 896. The van der Waals surface area contributed by atoms with Crippen molar-refractivity contribution in [3.05, 3.63) is 64.4 Å². The van der Waals surface area contributed by atoms with E-state index in [1.165, 1.54) is 22.5 Å². The number of piperazine rings is 1. The van der Waals surface area contributed by atoms with Crippen molar-refractivity contribution in [2.24, 2.45) is 0 Å². The SMILES string of the molecule is O=C(c1cccc(Br)c1)N1CCN(S(=O)(=O)c2ccccc2F)CC1. The lowest BCUT2D eigenvalue weighted by Gasteiger charge is -2.34. The molecule has 1 fully saturated rings. The van der Waals surface area contributed by atoms with E-state index >= 15 is 0 Å². The van der Waals surface area contributed by atoms with Crippen LogP contribution in [0.1, 0.15) is 10.4 Å². The number of sulfonamides is 1. The molecule has 2 aromatic rings. The van der Waals surface area contributed by atoms with Crippen molar-refractivity contribution in [1.29, 1.82) is 0 Å². The van der Waals surface area contributed by atoms with Gasteiger partial charge in [-0.3, -0.25) is 4.79 Å². The zero-order valence-corrected chi connectivity index (χ0v) is 15.6. The molecule has 1 saturated heterocycles. The summed E-state index contributed by atoms with van der Waals surface area (Å²) in [5.41, 5.74) is 0.541. The average Bonchev–Trinajstić information content (AvgIpc) is 2.61. The predicted octanol–water partition coefficient (Wildman–Crippen LogP) is 2.73. The lowest BCUT2D eigenvalue weighted by Crippen LogP contribution is -2.50. The summed E-state index contributed by atoms with van der Waals surface area (Å²) in [4.78, 5) is 13.8. The maximum Gasteiger partial charge on any atom is 0.253 e. The van der Waals surface area contributed by atoms with Crippen LogP contribution in [0.25, 0.3) is 0 Å². The van der Waals surface area contributed by atoms with Gasteiger partial charge in [-0.2, -0.15) is 4.31 Å². The van der Waals surface area contributed by atoms with Crippen molar-refractivity contribution < 1.29 is 17.6 Å². The smallest absolute Gasteiger partial charge is 0.253 e. The fourth-order valence-corrected chi connectivity index (χ4v) is 4.62. The maximum absolute atomic E-state index is 13.8. The van der Waals surface area contributed by atoms with E-state index in [2.05, 4.69) is 15.9 Å². The number of amides is 1. The summed E-state index contributed by atoms with van der Waals surface area (Å²) in [5.74, 6) is -0.917. The van der Waals surface area contributed by atoms with Gasteiger partial charge in [0.2, 0.25) is 10.0 Å². The molecule has 0 atom stereocenters. The Morgan fingerprint density at radius 2 is 1.68 bits per heavy atom. The van der Waals surface area contributed by atoms with E-state index in [9.17, 15) is 17.6 Å². The van der Waals surface area contributed by atoms with E-state index in [-0.39, 0.29) is 37.0 Å². The Balaban J connectivity index is 1.72. The minimum Gasteiger partial charge on any atom is -0.336 e. The number of carbonyl (C=O) groups is 1. The van der Waals surface area contributed by atoms with Gasteiger partial charge in [0, 0.05) is 36.2 Å². The van der Waals surface area contributed by atoms with Crippen LogP contribution in [0.2, 0.25) is 0 Å². The number of carbonyl (C=O) groups excluding carboxylic acids is 1. The molecule has 0 saturated carbocycles. The van der Waals surface area contributed by atoms with Gasteiger partial charge in [0.05, 0.1) is 0 Å². The highest BCUT2D eigenvalue weighted by Crippen LogP contribution is 2.21. The third-order valence-corrected chi connectivity index (χ3v) is 6.48. The summed E-state index contributed by atoms with van der Waals surface area (Å²) in [6, 6.07) is 12.4. The van der Waals surface area contributed by atoms with Crippen LogP contribution in [0.5, 0.6) is 0 Å². The second-order valence-corrected chi connectivity index (χ2v) is 8.46. The zero-order valence-electron chi connectivity index (χ0n) is 13.2. The lowest BCUT2D eigenvalue weighted by molar-refractivity contribution is 0.0697. The van der Waals surface area contributed by atoms with Crippen LogP contribution in [0.15, 0.2) is 57.9 Å². The van der Waals surface area contributed by atoms with E-state index in [1.807, 2.05) is 6.07 Å². The molecule has 0 bridgehead atoms. The molecule has 132 valence electrons. The van der Waals surface area contributed by atoms with Crippen LogP contribution in [-0.4, -0.2) is 49.7 Å². The van der Waals surface area contributed by atoms with E-state index in [0.29, 0.717) is 5.56 Å². The third-order valence-electron chi connectivity index (χ3n) is 4.05. The molecule has 1 aliphatic rings. The van der Waals surface area contributed by atoms with Gasteiger partial charge in [0.1, 0.15) is 10.7 Å². The fraction of sp³-hybridized carbons (Fsp3) is 0.235. The number of benzene rings is 2. The molecule has 0 radical (unpaired) electrons. The Kier molecular flexibility index (Phi) is 5.21. The van der Waals surface area contributed by atoms with Gasteiger partial charge in [0.25, 0.3) is 5.91 Å². The molecule has 3 rings (SSSR count). The second kappa shape index (κ2) is 7.23. The van der Waals surface area contributed by atoms with Gasteiger partial charge in [-0.1, -0.05) is 34.1 Å². The fourth-order valence-electron chi connectivity index (χ4n) is 2.73.